The normalized spacial score (nSPS) is 10.3. The van der Waals surface area contributed by atoms with Gasteiger partial charge < -0.3 is 4.74 Å². The van der Waals surface area contributed by atoms with Crippen LogP contribution in [0.5, 0.6) is 0 Å². The second-order valence-corrected chi connectivity index (χ2v) is 4.70. The lowest BCUT2D eigenvalue weighted by Gasteiger charge is -2.03. The first-order chi connectivity index (χ1) is 10.2. The van der Waals surface area contributed by atoms with Crippen molar-refractivity contribution in [1.29, 1.82) is 5.26 Å². The number of hydrogen-bond acceptors (Lipinski definition) is 3. The van der Waals surface area contributed by atoms with Gasteiger partial charge in [-0.15, -0.1) is 0 Å². The Hall–Kier alpha value is -2.57. The standard InChI is InChI=1S/C17H12ClNO2/c18-16-7-3-4-13(10-16)8-9-17(20)21-12-15-6-2-1-5-14(15)11-19/h1-10H,12H2/b9-8+. The molecular formula is C17H12ClNO2. The SMILES string of the molecule is N#Cc1ccccc1COC(=O)/C=C/c1cccc(Cl)c1. The molecule has 0 atom stereocenters. The summed E-state index contributed by atoms with van der Waals surface area (Å²) in [6.07, 6.45) is 2.96. The van der Waals surface area contributed by atoms with Crippen molar-refractivity contribution in [3.8, 4) is 6.07 Å². The Bertz CT molecular complexity index is 717. The summed E-state index contributed by atoms with van der Waals surface area (Å²) in [6, 6.07) is 16.2. The van der Waals surface area contributed by atoms with Gasteiger partial charge in [-0.2, -0.15) is 5.26 Å². The molecule has 4 heteroatoms. The van der Waals surface area contributed by atoms with E-state index in [1.165, 1.54) is 6.08 Å². The van der Waals surface area contributed by atoms with E-state index in [9.17, 15) is 4.79 Å². The van der Waals surface area contributed by atoms with Gasteiger partial charge in [-0.3, -0.25) is 0 Å². The Balaban J connectivity index is 1.95. The van der Waals surface area contributed by atoms with Gasteiger partial charge in [0.15, 0.2) is 0 Å². The molecule has 0 radical (unpaired) electrons. The van der Waals surface area contributed by atoms with Crippen LogP contribution >= 0.6 is 11.6 Å². The average Bonchev–Trinajstić information content (AvgIpc) is 2.51. The third-order valence-corrected chi connectivity index (χ3v) is 3.00. The van der Waals surface area contributed by atoms with Crippen molar-refractivity contribution < 1.29 is 9.53 Å². The van der Waals surface area contributed by atoms with E-state index < -0.39 is 5.97 Å². The number of ether oxygens (including phenoxy) is 1. The Labute approximate surface area is 128 Å². The molecule has 0 aliphatic rings. The second-order valence-electron chi connectivity index (χ2n) is 4.27. The monoisotopic (exact) mass is 297 g/mol. The molecule has 3 nitrogen and oxygen atoms in total. The molecule has 0 heterocycles. The Morgan fingerprint density at radius 3 is 2.81 bits per heavy atom. The molecule has 2 aromatic carbocycles. The fourth-order valence-corrected chi connectivity index (χ4v) is 1.93. The minimum absolute atomic E-state index is 0.0719. The van der Waals surface area contributed by atoms with Gasteiger partial charge in [0.1, 0.15) is 6.61 Å². The molecule has 21 heavy (non-hydrogen) atoms. The molecule has 2 rings (SSSR count). The summed E-state index contributed by atoms with van der Waals surface area (Å²) in [6.45, 7) is 0.0719. The number of carbonyl (C=O) groups excluding carboxylic acids is 1. The summed E-state index contributed by atoms with van der Waals surface area (Å²) in [5, 5.41) is 9.55. The average molecular weight is 298 g/mol. The summed E-state index contributed by atoms with van der Waals surface area (Å²) in [4.78, 5) is 11.6. The fourth-order valence-electron chi connectivity index (χ4n) is 1.73. The molecule has 0 spiro atoms. The molecule has 0 aliphatic carbocycles. The van der Waals surface area contributed by atoms with Crippen molar-refractivity contribution in [3.63, 3.8) is 0 Å². The first kappa shape index (κ1) is 14.8. The highest BCUT2D eigenvalue weighted by Gasteiger charge is 2.03. The molecule has 0 aromatic heterocycles. The topological polar surface area (TPSA) is 50.1 Å². The number of halogens is 1. The van der Waals surface area contributed by atoms with Crippen molar-refractivity contribution >= 4 is 23.6 Å². The summed E-state index contributed by atoms with van der Waals surface area (Å²) in [5.41, 5.74) is 2.01. The highest BCUT2D eigenvalue weighted by molar-refractivity contribution is 6.30. The van der Waals surface area contributed by atoms with Crippen molar-refractivity contribution in [1.82, 2.24) is 0 Å². The Kier molecular flexibility index (Phi) is 5.14. The van der Waals surface area contributed by atoms with E-state index in [0.717, 1.165) is 5.56 Å². The second kappa shape index (κ2) is 7.28. The highest BCUT2D eigenvalue weighted by Crippen LogP contribution is 2.12. The van der Waals surface area contributed by atoms with E-state index in [1.807, 2.05) is 6.07 Å². The van der Waals surface area contributed by atoms with Gasteiger partial charge in [0.05, 0.1) is 11.6 Å². The minimum Gasteiger partial charge on any atom is -0.458 e. The van der Waals surface area contributed by atoms with Crippen LogP contribution < -0.4 is 0 Å². The summed E-state index contributed by atoms with van der Waals surface area (Å²) in [5.74, 6) is -0.470. The smallest absolute Gasteiger partial charge is 0.331 e. The minimum atomic E-state index is -0.470. The zero-order valence-corrected chi connectivity index (χ0v) is 11.9. The maximum Gasteiger partial charge on any atom is 0.331 e. The van der Waals surface area contributed by atoms with Crippen molar-refractivity contribution in [2.24, 2.45) is 0 Å². The lowest BCUT2D eigenvalue weighted by molar-refractivity contribution is -0.138. The van der Waals surface area contributed by atoms with Crippen LogP contribution in [-0.2, 0) is 16.1 Å². The van der Waals surface area contributed by atoms with Gasteiger partial charge >= 0.3 is 5.97 Å². The highest BCUT2D eigenvalue weighted by atomic mass is 35.5. The van der Waals surface area contributed by atoms with E-state index in [4.69, 9.17) is 21.6 Å². The van der Waals surface area contributed by atoms with Crippen LogP contribution in [0.2, 0.25) is 5.02 Å². The van der Waals surface area contributed by atoms with E-state index in [2.05, 4.69) is 6.07 Å². The maximum absolute atomic E-state index is 11.6. The van der Waals surface area contributed by atoms with E-state index in [-0.39, 0.29) is 6.61 Å². The van der Waals surface area contributed by atoms with Gasteiger partial charge in [-0.05, 0) is 29.8 Å². The quantitative estimate of drug-likeness (QED) is 0.634. The third-order valence-electron chi connectivity index (χ3n) is 2.77. The summed E-state index contributed by atoms with van der Waals surface area (Å²) in [7, 11) is 0. The fraction of sp³-hybridized carbons (Fsp3) is 0.0588. The van der Waals surface area contributed by atoms with Gasteiger partial charge in [-0.25, -0.2) is 4.79 Å². The molecule has 104 valence electrons. The van der Waals surface area contributed by atoms with Crippen molar-refractivity contribution in [2.45, 2.75) is 6.61 Å². The molecule has 0 aliphatic heterocycles. The number of nitriles is 1. The largest absolute Gasteiger partial charge is 0.458 e. The first-order valence-electron chi connectivity index (χ1n) is 6.27. The molecule has 0 N–H and O–H groups in total. The van der Waals surface area contributed by atoms with Crippen molar-refractivity contribution in [2.75, 3.05) is 0 Å². The van der Waals surface area contributed by atoms with E-state index in [0.29, 0.717) is 16.1 Å². The van der Waals surface area contributed by atoms with Crippen LogP contribution in [0.4, 0.5) is 0 Å². The molecular weight excluding hydrogens is 286 g/mol. The molecule has 0 fully saturated rings. The van der Waals surface area contributed by atoms with Crippen LogP contribution in [0.3, 0.4) is 0 Å². The van der Waals surface area contributed by atoms with Crippen LogP contribution in [0.15, 0.2) is 54.6 Å². The maximum atomic E-state index is 11.6. The van der Waals surface area contributed by atoms with Gasteiger partial charge in [-0.1, -0.05) is 41.9 Å². The van der Waals surface area contributed by atoms with E-state index >= 15 is 0 Å². The Morgan fingerprint density at radius 1 is 1.24 bits per heavy atom. The first-order valence-corrected chi connectivity index (χ1v) is 6.65. The number of hydrogen-bond donors (Lipinski definition) is 0. The predicted octanol–water partition coefficient (Wildman–Crippen LogP) is 3.97. The van der Waals surface area contributed by atoms with Crippen LogP contribution in [0, 0.1) is 11.3 Å². The number of rotatable bonds is 4. The Morgan fingerprint density at radius 2 is 2.05 bits per heavy atom. The number of benzene rings is 2. The van der Waals surface area contributed by atoms with Crippen LogP contribution in [0.1, 0.15) is 16.7 Å². The summed E-state index contributed by atoms with van der Waals surface area (Å²) >= 11 is 5.85. The predicted molar refractivity (Wildman–Crippen MR) is 81.4 cm³/mol. The zero-order chi connectivity index (χ0) is 15.1. The lowest BCUT2D eigenvalue weighted by atomic mass is 10.1. The van der Waals surface area contributed by atoms with Crippen LogP contribution in [-0.4, -0.2) is 5.97 Å². The molecule has 0 amide bonds. The van der Waals surface area contributed by atoms with Gasteiger partial charge in [0, 0.05) is 16.7 Å². The number of esters is 1. The molecule has 0 unspecified atom stereocenters. The number of carbonyl (C=O) groups is 1. The van der Waals surface area contributed by atoms with E-state index in [1.54, 1.807) is 48.5 Å². The molecule has 0 saturated heterocycles. The third kappa shape index (κ3) is 4.48. The van der Waals surface area contributed by atoms with Crippen molar-refractivity contribution in [3.05, 3.63) is 76.3 Å². The van der Waals surface area contributed by atoms with Gasteiger partial charge in [0.25, 0.3) is 0 Å². The van der Waals surface area contributed by atoms with Gasteiger partial charge in [0.2, 0.25) is 0 Å². The lowest BCUT2D eigenvalue weighted by Crippen LogP contribution is -2.02. The molecule has 2 aromatic rings. The zero-order valence-electron chi connectivity index (χ0n) is 11.1. The van der Waals surface area contributed by atoms with Crippen LogP contribution in [0.25, 0.3) is 6.08 Å². The summed E-state index contributed by atoms with van der Waals surface area (Å²) < 4.78 is 5.11. The molecule has 0 saturated carbocycles. The number of nitrogens with zero attached hydrogens (tertiary/aromatic N) is 1. The molecule has 0 bridgehead atoms.